The molecule has 3 aromatic carbocycles. The maximum absolute atomic E-state index is 12.7. The van der Waals surface area contributed by atoms with Crippen LogP contribution in [0.3, 0.4) is 0 Å². The highest BCUT2D eigenvalue weighted by Crippen LogP contribution is 2.21. The van der Waals surface area contributed by atoms with Crippen LogP contribution in [0.4, 0.5) is 0 Å². The van der Waals surface area contributed by atoms with Crippen molar-refractivity contribution in [3.8, 4) is 0 Å². The molecule has 0 unspecified atom stereocenters. The molecule has 0 aromatic heterocycles. The van der Waals surface area contributed by atoms with Gasteiger partial charge in [0.1, 0.15) is 0 Å². The molecular formula is C25H16O8. The second-order valence-electron chi connectivity index (χ2n) is 7.23. The maximum Gasteiger partial charge on any atom is 0.346 e. The molecule has 3 aromatic rings. The normalized spacial score (nSPS) is 14.2. The Morgan fingerprint density at radius 3 is 1.67 bits per heavy atom. The number of esters is 4. The molecule has 8 heteroatoms. The van der Waals surface area contributed by atoms with Gasteiger partial charge in [-0.05, 0) is 54.3 Å². The molecule has 8 nitrogen and oxygen atoms in total. The molecule has 0 atom stereocenters. The van der Waals surface area contributed by atoms with E-state index in [9.17, 15) is 29.1 Å². The molecule has 0 aliphatic carbocycles. The lowest BCUT2D eigenvalue weighted by atomic mass is 9.97. The number of carboxylic acids is 1. The molecule has 2 bridgehead atoms. The highest BCUT2D eigenvalue weighted by atomic mass is 16.6. The Balaban J connectivity index is 1.85. The van der Waals surface area contributed by atoms with E-state index in [2.05, 4.69) is 0 Å². The average Bonchev–Trinajstić information content (AvgIpc) is 2.81. The first-order valence-electron chi connectivity index (χ1n) is 9.91. The fourth-order valence-corrected chi connectivity index (χ4v) is 3.56. The smallest absolute Gasteiger partial charge is 0.346 e. The van der Waals surface area contributed by atoms with E-state index in [-0.39, 0.29) is 16.7 Å². The van der Waals surface area contributed by atoms with Crippen molar-refractivity contribution < 1.29 is 38.6 Å². The fraction of sp³-hybridized carbons (Fsp3) is 0.0800. The molecule has 0 amide bonds. The number of aromatic carboxylic acids is 1. The van der Waals surface area contributed by atoms with Gasteiger partial charge >= 0.3 is 29.8 Å². The van der Waals surface area contributed by atoms with Gasteiger partial charge in [0.2, 0.25) is 0 Å². The number of hydrogen-bond acceptors (Lipinski definition) is 7. The third-order valence-electron chi connectivity index (χ3n) is 5.21. The van der Waals surface area contributed by atoms with Crippen LogP contribution in [-0.4, -0.2) is 35.0 Å². The quantitative estimate of drug-likeness (QED) is 0.447. The van der Waals surface area contributed by atoms with Gasteiger partial charge < -0.3 is 14.6 Å². The molecule has 2 aliphatic heterocycles. The standard InChI is InChI=1S/C25H16O8/c26-21(27)20-13-16-11-12-19(20)25(31)33-24(30)18-8-4-2-6-15(18)10-9-14-5-1-3-7-17(14)23(29)32-22(16)28/h1-8,11-13H,9-10H2,(H,26,27). The van der Waals surface area contributed by atoms with E-state index in [4.69, 9.17) is 9.47 Å². The molecule has 2 aliphatic rings. The zero-order valence-corrected chi connectivity index (χ0v) is 17.1. The van der Waals surface area contributed by atoms with Crippen molar-refractivity contribution in [3.63, 3.8) is 0 Å². The van der Waals surface area contributed by atoms with Crippen LogP contribution in [0.15, 0.2) is 66.7 Å². The van der Waals surface area contributed by atoms with E-state index in [1.807, 2.05) is 0 Å². The summed E-state index contributed by atoms with van der Waals surface area (Å²) in [5, 5.41) is 9.51. The summed E-state index contributed by atoms with van der Waals surface area (Å²) in [5.41, 5.74) is 0.214. The number of carbonyl (C=O) groups is 5. The molecular weight excluding hydrogens is 428 g/mol. The minimum atomic E-state index is -1.53. The maximum atomic E-state index is 12.7. The van der Waals surface area contributed by atoms with Crippen molar-refractivity contribution in [2.24, 2.45) is 0 Å². The Morgan fingerprint density at radius 1 is 0.636 bits per heavy atom. The third-order valence-corrected chi connectivity index (χ3v) is 5.21. The van der Waals surface area contributed by atoms with Gasteiger partial charge in [0, 0.05) is 0 Å². The lowest BCUT2D eigenvalue weighted by molar-refractivity contribution is 0.0373. The van der Waals surface area contributed by atoms with Gasteiger partial charge in [-0.25, -0.2) is 24.0 Å². The number of ether oxygens (including phenoxy) is 2. The summed E-state index contributed by atoms with van der Waals surface area (Å²) in [6, 6.07) is 16.1. The van der Waals surface area contributed by atoms with Crippen molar-refractivity contribution in [1.29, 1.82) is 0 Å². The Kier molecular flexibility index (Phi) is 5.82. The van der Waals surface area contributed by atoms with Crippen LogP contribution in [0.2, 0.25) is 0 Å². The van der Waals surface area contributed by atoms with Crippen molar-refractivity contribution in [2.45, 2.75) is 12.8 Å². The molecule has 0 spiro atoms. The van der Waals surface area contributed by atoms with Crippen molar-refractivity contribution in [3.05, 3.63) is 106 Å². The minimum absolute atomic E-state index is 0.140. The molecule has 0 fully saturated rings. The van der Waals surface area contributed by atoms with E-state index in [1.165, 1.54) is 12.1 Å². The van der Waals surface area contributed by atoms with E-state index in [0.29, 0.717) is 24.0 Å². The second kappa shape index (κ2) is 8.88. The van der Waals surface area contributed by atoms with Gasteiger partial charge in [-0.1, -0.05) is 36.4 Å². The fourth-order valence-electron chi connectivity index (χ4n) is 3.56. The largest absolute Gasteiger partial charge is 0.478 e. The van der Waals surface area contributed by atoms with Gasteiger partial charge in [0.15, 0.2) is 0 Å². The Hall–Kier alpha value is -4.59. The van der Waals surface area contributed by atoms with Crippen LogP contribution in [0.5, 0.6) is 0 Å². The lowest BCUT2D eigenvalue weighted by Gasteiger charge is -2.13. The van der Waals surface area contributed by atoms with Crippen LogP contribution in [0.25, 0.3) is 0 Å². The SMILES string of the molecule is O=C1OC(=O)c2ccccc2CCc2ccccc2C(=O)OC(=O)c2ccc1cc2C(=O)O. The van der Waals surface area contributed by atoms with Gasteiger partial charge in [0.25, 0.3) is 0 Å². The van der Waals surface area contributed by atoms with Gasteiger partial charge in [-0.2, -0.15) is 0 Å². The Bertz CT molecular complexity index is 1320. The van der Waals surface area contributed by atoms with Gasteiger partial charge in [-0.3, -0.25) is 0 Å². The number of hydrogen-bond donors (Lipinski definition) is 1. The van der Waals surface area contributed by atoms with Crippen molar-refractivity contribution in [2.75, 3.05) is 0 Å². The summed E-state index contributed by atoms with van der Waals surface area (Å²) >= 11 is 0. The number of benzene rings is 3. The van der Waals surface area contributed by atoms with Crippen molar-refractivity contribution in [1.82, 2.24) is 0 Å². The first-order chi connectivity index (χ1) is 15.8. The molecule has 164 valence electrons. The molecule has 0 saturated carbocycles. The number of carbonyl (C=O) groups excluding carboxylic acids is 4. The van der Waals surface area contributed by atoms with Crippen LogP contribution < -0.4 is 0 Å². The molecule has 1 N–H and O–H groups in total. The van der Waals surface area contributed by atoms with E-state index < -0.39 is 41.0 Å². The lowest BCUT2D eigenvalue weighted by Crippen LogP contribution is -2.20. The van der Waals surface area contributed by atoms with Crippen molar-refractivity contribution >= 4 is 29.8 Å². The monoisotopic (exact) mass is 444 g/mol. The molecule has 2 heterocycles. The van der Waals surface area contributed by atoms with E-state index in [0.717, 1.165) is 18.2 Å². The highest BCUT2D eigenvalue weighted by molar-refractivity contribution is 6.10. The first kappa shape index (κ1) is 21.6. The summed E-state index contributed by atoms with van der Waals surface area (Å²) in [7, 11) is 0. The first-order valence-corrected chi connectivity index (χ1v) is 9.91. The van der Waals surface area contributed by atoms with E-state index in [1.54, 1.807) is 36.4 Å². The van der Waals surface area contributed by atoms with Gasteiger partial charge in [-0.15, -0.1) is 0 Å². The zero-order chi connectivity index (χ0) is 23.5. The number of aryl methyl sites for hydroxylation is 2. The number of fused-ring (bicyclic) bond motifs is 7. The summed E-state index contributed by atoms with van der Waals surface area (Å²) in [6.45, 7) is 0. The summed E-state index contributed by atoms with van der Waals surface area (Å²) < 4.78 is 9.91. The topological polar surface area (TPSA) is 124 Å². The number of rotatable bonds is 1. The Morgan fingerprint density at radius 2 is 1.12 bits per heavy atom. The molecule has 5 rings (SSSR count). The Labute approximate surface area is 187 Å². The third kappa shape index (κ3) is 4.40. The predicted molar refractivity (Wildman–Crippen MR) is 113 cm³/mol. The highest BCUT2D eigenvalue weighted by Gasteiger charge is 2.26. The summed E-state index contributed by atoms with van der Waals surface area (Å²) in [6.07, 6.45) is 0.667. The molecule has 0 saturated heterocycles. The summed E-state index contributed by atoms with van der Waals surface area (Å²) in [4.78, 5) is 62.2. The van der Waals surface area contributed by atoms with Crippen LogP contribution >= 0.6 is 0 Å². The zero-order valence-electron chi connectivity index (χ0n) is 17.1. The average molecular weight is 444 g/mol. The summed E-state index contributed by atoms with van der Waals surface area (Å²) in [5.74, 6) is -5.62. The number of carboxylic acid groups (broad SMARTS) is 1. The predicted octanol–water partition coefficient (Wildman–Crippen LogP) is 3.48. The van der Waals surface area contributed by atoms with Gasteiger partial charge in [0.05, 0.1) is 27.8 Å². The second-order valence-corrected chi connectivity index (χ2v) is 7.23. The minimum Gasteiger partial charge on any atom is -0.478 e. The van der Waals surface area contributed by atoms with Crippen LogP contribution in [-0.2, 0) is 22.3 Å². The molecule has 33 heavy (non-hydrogen) atoms. The molecule has 0 radical (unpaired) electrons. The van der Waals surface area contributed by atoms with Crippen LogP contribution in [0.1, 0.15) is 62.9 Å². The van der Waals surface area contributed by atoms with E-state index >= 15 is 0 Å². The van der Waals surface area contributed by atoms with Crippen LogP contribution in [0, 0.1) is 0 Å².